The molecule has 1 fully saturated rings. The molecule has 2 aromatic heterocycles. The lowest BCUT2D eigenvalue weighted by Gasteiger charge is -2.16. The molecule has 2 heterocycles. The minimum atomic E-state index is -0.516. The summed E-state index contributed by atoms with van der Waals surface area (Å²) < 4.78 is 1.62. The first-order valence-electron chi connectivity index (χ1n) is 10.6. The zero-order chi connectivity index (χ0) is 22.9. The van der Waals surface area contributed by atoms with E-state index in [9.17, 15) is 9.59 Å². The van der Waals surface area contributed by atoms with E-state index >= 15 is 0 Å². The van der Waals surface area contributed by atoms with E-state index < -0.39 is 5.25 Å². The van der Waals surface area contributed by atoms with Gasteiger partial charge in [-0.15, -0.1) is 11.3 Å². The second-order valence-electron chi connectivity index (χ2n) is 7.96. The van der Waals surface area contributed by atoms with E-state index in [1.807, 2.05) is 30.3 Å². The predicted octanol–water partition coefficient (Wildman–Crippen LogP) is 5.32. The molecule has 6 nitrogen and oxygen atoms in total. The average Bonchev–Trinajstić information content (AvgIpc) is 3.59. The van der Waals surface area contributed by atoms with Crippen LogP contribution in [-0.2, 0) is 4.79 Å². The number of anilines is 1. The topological polar surface area (TPSA) is 87.8 Å². The van der Waals surface area contributed by atoms with Crippen molar-refractivity contribution >= 4 is 44.9 Å². The average molecular weight is 473 g/mol. The van der Waals surface area contributed by atoms with Gasteiger partial charge in [-0.1, -0.05) is 36.0 Å². The van der Waals surface area contributed by atoms with Crippen LogP contribution in [0.1, 0.15) is 36.8 Å². The molecule has 0 unspecified atom stereocenters. The number of hydrogen-bond donors (Lipinski definition) is 1. The summed E-state index contributed by atoms with van der Waals surface area (Å²) in [6.45, 7) is 1.78. The summed E-state index contributed by atoms with van der Waals surface area (Å²) >= 11 is 2.73. The maximum absolute atomic E-state index is 13.7. The number of carbonyl (C=O) groups excluding carboxylic acids is 1. The minimum absolute atomic E-state index is 0.0915. The third-order valence-corrected chi connectivity index (χ3v) is 7.49. The maximum atomic E-state index is 13.7. The van der Waals surface area contributed by atoms with Gasteiger partial charge in [0.05, 0.1) is 28.0 Å². The van der Waals surface area contributed by atoms with Crippen LogP contribution in [0.25, 0.3) is 15.9 Å². The summed E-state index contributed by atoms with van der Waals surface area (Å²) in [4.78, 5) is 32.1. The molecule has 1 saturated carbocycles. The van der Waals surface area contributed by atoms with E-state index in [0.717, 1.165) is 24.1 Å². The molecular weight excluding hydrogens is 452 g/mol. The van der Waals surface area contributed by atoms with Crippen molar-refractivity contribution in [3.63, 3.8) is 0 Å². The van der Waals surface area contributed by atoms with Gasteiger partial charge in [0.25, 0.3) is 5.56 Å². The van der Waals surface area contributed by atoms with Gasteiger partial charge in [0, 0.05) is 5.69 Å². The van der Waals surface area contributed by atoms with Crippen molar-refractivity contribution in [2.24, 2.45) is 0 Å². The summed E-state index contributed by atoms with van der Waals surface area (Å²) in [6, 6.07) is 18.3. The summed E-state index contributed by atoms with van der Waals surface area (Å²) in [6.07, 6.45) is 2.22. The van der Waals surface area contributed by atoms with Crippen molar-refractivity contribution in [1.29, 1.82) is 5.26 Å². The molecule has 1 aliphatic rings. The fourth-order valence-corrected chi connectivity index (χ4v) is 5.68. The lowest BCUT2D eigenvalue weighted by atomic mass is 10.1. The fraction of sp³-hybridized carbons (Fsp3) is 0.200. The van der Waals surface area contributed by atoms with E-state index in [1.54, 1.807) is 35.8 Å². The van der Waals surface area contributed by atoms with Gasteiger partial charge in [-0.2, -0.15) is 5.26 Å². The molecule has 1 N–H and O–H groups in total. The maximum Gasteiger partial charge on any atom is 0.267 e. The van der Waals surface area contributed by atoms with Crippen molar-refractivity contribution in [2.75, 3.05) is 5.32 Å². The van der Waals surface area contributed by atoms with Crippen molar-refractivity contribution in [3.8, 4) is 11.8 Å². The highest BCUT2D eigenvalue weighted by Crippen LogP contribution is 2.44. The second kappa shape index (κ2) is 8.85. The van der Waals surface area contributed by atoms with Crippen LogP contribution in [0.2, 0.25) is 0 Å². The van der Waals surface area contributed by atoms with Crippen LogP contribution in [0.5, 0.6) is 0 Å². The highest BCUT2D eigenvalue weighted by molar-refractivity contribution is 8.00. The lowest BCUT2D eigenvalue weighted by Crippen LogP contribution is -2.26. The SMILES string of the molecule is C[C@@H](Sc1nc2scc(C3CC3)c2c(=O)n1-c1ccccc1)C(=O)Nc1cccc(C#N)c1. The zero-order valence-corrected chi connectivity index (χ0v) is 19.5. The summed E-state index contributed by atoms with van der Waals surface area (Å²) in [5.41, 5.74) is 2.76. The first-order chi connectivity index (χ1) is 16.0. The first-order valence-corrected chi connectivity index (χ1v) is 12.4. The summed E-state index contributed by atoms with van der Waals surface area (Å²) in [5, 5.41) is 14.7. The molecule has 2 aromatic carbocycles. The predicted molar refractivity (Wildman–Crippen MR) is 132 cm³/mol. The van der Waals surface area contributed by atoms with Gasteiger partial charge in [-0.25, -0.2) is 4.98 Å². The molecule has 0 spiro atoms. The van der Waals surface area contributed by atoms with Crippen LogP contribution in [0, 0.1) is 11.3 Å². The number of nitriles is 1. The molecule has 0 radical (unpaired) electrons. The van der Waals surface area contributed by atoms with Gasteiger partial charge in [-0.3, -0.25) is 14.2 Å². The van der Waals surface area contributed by atoms with Crippen molar-refractivity contribution in [3.05, 3.63) is 81.5 Å². The number of nitrogens with one attached hydrogen (secondary N) is 1. The van der Waals surface area contributed by atoms with Crippen molar-refractivity contribution in [1.82, 2.24) is 9.55 Å². The largest absolute Gasteiger partial charge is 0.325 e. The van der Waals surface area contributed by atoms with E-state index in [-0.39, 0.29) is 11.5 Å². The Bertz CT molecular complexity index is 1450. The van der Waals surface area contributed by atoms with Crippen LogP contribution in [0.15, 0.2) is 69.9 Å². The zero-order valence-electron chi connectivity index (χ0n) is 17.8. The molecule has 1 aliphatic carbocycles. The molecule has 1 amide bonds. The number of amides is 1. The number of carbonyl (C=O) groups is 1. The first kappa shape index (κ1) is 21.4. The van der Waals surface area contributed by atoms with E-state index in [2.05, 4.69) is 16.8 Å². The van der Waals surface area contributed by atoms with Gasteiger partial charge < -0.3 is 5.32 Å². The number of para-hydroxylation sites is 1. The van der Waals surface area contributed by atoms with Crippen LogP contribution in [-0.4, -0.2) is 20.7 Å². The molecule has 0 bridgehead atoms. The van der Waals surface area contributed by atoms with Crippen LogP contribution in [0.3, 0.4) is 0 Å². The third-order valence-electron chi connectivity index (χ3n) is 5.55. The molecule has 0 saturated heterocycles. The summed E-state index contributed by atoms with van der Waals surface area (Å²) in [5.74, 6) is 0.221. The smallest absolute Gasteiger partial charge is 0.267 e. The molecule has 1 atom stereocenters. The Morgan fingerprint density at radius 3 is 2.76 bits per heavy atom. The van der Waals surface area contributed by atoms with E-state index in [0.29, 0.717) is 32.5 Å². The molecule has 0 aliphatic heterocycles. The third kappa shape index (κ3) is 4.30. The number of aromatic nitrogens is 2. The fourth-order valence-electron chi connectivity index (χ4n) is 3.69. The monoisotopic (exact) mass is 472 g/mol. The molecule has 5 rings (SSSR count). The molecule has 4 aromatic rings. The molecular formula is C25H20N4O2S2. The number of nitrogens with zero attached hydrogens (tertiary/aromatic N) is 3. The van der Waals surface area contributed by atoms with Gasteiger partial charge in [-0.05, 0) is 67.0 Å². The number of rotatable bonds is 6. The minimum Gasteiger partial charge on any atom is -0.325 e. The Balaban J connectivity index is 1.51. The van der Waals surface area contributed by atoms with Crippen LogP contribution < -0.4 is 10.9 Å². The van der Waals surface area contributed by atoms with Gasteiger partial charge in [0.2, 0.25) is 5.91 Å². The number of benzene rings is 2. The number of thiophene rings is 1. The number of thioether (sulfide) groups is 1. The number of hydrogen-bond acceptors (Lipinski definition) is 6. The molecule has 164 valence electrons. The van der Waals surface area contributed by atoms with Gasteiger partial charge in [0.1, 0.15) is 4.83 Å². The summed E-state index contributed by atoms with van der Waals surface area (Å²) in [7, 11) is 0. The van der Waals surface area contributed by atoms with Gasteiger partial charge >= 0.3 is 0 Å². The highest BCUT2D eigenvalue weighted by Gasteiger charge is 2.29. The van der Waals surface area contributed by atoms with Gasteiger partial charge in [0.15, 0.2) is 5.16 Å². The Kier molecular flexibility index (Phi) is 5.75. The Morgan fingerprint density at radius 1 is 1.24 bits per heavy atom. The number of fused-ring (bicyclic) bond motifs is 1. The quantitative estimate of drug-likeness (QED) is 0.303. The van der Waals surface area contributed by atoms with Crippen LogP contribution >= 0.6 is 23.1 Å². The van der Waals surface area contributed by atoms with E-state index in [4.69, 9.17) is 10.2 Å². The Hall–Kier alpha value is -3.41. The van der Waals surface area contributed by atoms with Crippen molar-refractivity contribution < 1.29 is 4.79 Å². The van der Waals surface area contributed by atoms with Crippen LogP contribution in [0.4, 0.5) is 5.69 Å². The molecule has 8 heteroatoms. The highest BCUT2D eigenvalue weighted by atomic mass is 32.2. The van der Waals surface area contributed by atoms with Crippen molar-refractivity contribution in [2.45, 2.75) is 36.1 Å². The Morgan fingerprint density at radius 2 is 2.03 bits per heavy atom. The standard InChI is InChI=1S/C25H20N4O2S2/c1-15(22(30)27-18-7-5-6-16(12-18)13-26)33-25-28-23-21(20(14-32-23)17-10-11-17)24(31)29(25)19-8-3-2-4-9-19/h2-9,12,14-15,17H,10-11H2,1H3,(H,27,30)/t15-/m1/s1. The second-order valence-corrected chi connectivity index (χ2v) is 10.1. The molecule has 33 heavy (non-hydrogen) atoms. The van der Waals surface area contributed by atoms with E-state index in [1.165, 1.54) is 23.1 Å². The normalized spacial score (nSPS) is 14.1. The lowest BCUT2D eigenvalue weighted by molar-refractivity contribution is -0.115. The Labute approximate surface area is 198 Å².